The van der Waals surface area contributed by atoms with Crippen molar-refractivity contribution in [2.75, 3.05) is 25.0 Å². The maximum Gasteiger partial charge on any atom is 0.573 e. The van der Waals surface area contributed by atoms with E-state index in [1.165, 1.54) is 30.5 Å². The van der Waals surface area contributed by atoms with E-state index in [-0.39, 0.29) is 35.8 Å². The Morgan fingerprint density at radius 1 is 1.11 bits per heavy atom. The second kappa shape index (κ2) is 12.8. The first-order valence-electron chi connectivity index (χ1n) is 11.3. The zero-order valence-corrected chi connectivity index (χ0v) is 19.6. The number of nitrogens with one attached hydrogen (secondary N) is 4. The number of carbonyl (C=O) groups excluding carboxylic acids is 1. The molecule has 9 nitrogen and oxygen atoms in total. The van der Waals surface area contributed by atoms with E-state index in [1.807, 2.05) is 0 Å². The summed E-state index contributed by atoms with van der Waals surface area (Å²) in [5, 5.41) is 7.88. The number of halogens is 4. The van der Waals surface area contributed by atoms with Crippen LogP contribution in [0.3, 0.4) is 0 Å². The minimum absolute atomic E-state index is 0.0148. The third kappa shape index (κ3) is 8.58. The van der Waals surface area contributed by atoms with E-state index in [9.17, 15) is 27.2 Å². The Hall–Kier alpha value is -3.97. The minimum Gasteiger partial charge on any atom is -0.406 e. The molecule has 0 unspecified atom stereocenters. The molecule has 0 aliphatic rings. The number of ether oxygens (including phenoxy) is 1. The van der Waals surface area contributed by atoms with E-state index in [4.69, 9.17) is 5.73 Å². The van der Waals surface area contributed by atoms with Gasteiger partial charge in [-0.3, -0.25) is 15.1 Å². The van der Waals surface area contributed by atoms with Gasteiger partial charge in [-0.05, 0) is 49.2 Å². The molecular weight excluding hydrogens is 496 g/mol. The normalized spacial score (nSPS) is 11.3. The van der Waals surface area contributed by atoms with Crippen molar-refractivity contribution in [1.29, 1.82) is 0 Å². The molecule has 0 atom stereocenters. The Kier molecular flexibility index (Phi) is 9.57. The second-order valence-electron chi connectivity index (χ2n) is 7.89. The van der Waals surface area contributed by atoms with Crippen molar-refractivity contribution in [3.05, 3.63) is 76.0 Å². The smallest absolute Gasteiger partial charge is 0.406 e. The highest BCUT2D eigenvalue weighted by Crippen LogP contribution is 2.26. The van der Waals surface area contributed by atoms with Gasteiger partial charge in [0, 0.05) is 24.8 Å². The lowest BCUT2D eigenvalue weighted by Gasteiger charge is -2.13. The molecule has 6 N–H and O–H groups in total. The summed E-state index contributed by atoms with van der Waals surface area (Å²) in [6.07, 6.45) is -2.80. The van der Waals surface area contributed by atoms with Gasteiger partial charge < -0.3 is 21.1 Å². The minimum atomic E-state index is -4.83. The van der Waals surface area contributed by atoms with Gasteiger partial charge in [-0.1, -0.05) is 30.3 Å². The number of benzene rings is 2. The number of aromatic nitrogens is 2. The highest BCUT2D eigenvalue weighted by molar-refractivity contribution is 5.87. The van der Waals surface area contributed by atoms with Crippen LogP contribution in [0.2, 0.25) is 0 Å². The predicted octanol–water partition coefficient (Wildman–Crippen LogP) is 3.28. The lowest BCUT2D eigenvalue weighted by Crippen LogP contribution is -2.32. The van der Waals surface area contributed by atoms with Crippen molar-refractivity contribution >= 4 is 12.0 Å². The van der Waals surface area contributed by atoms with E-state index in [1.54, 1.807) is 18.2 Å². The van der Waals surface area contributed by atoms with Crippen LogP contribution in [0.4, 0.5) is 28.3 Å². The standard InChI is InChI=1S/C24H26F4N6O3/c25-19-12-16(6-7-17(19)13-30-10-3-9-29)18-14-32-22(33-21(18)35)34-23(36)31-11-8-15-4-1-2-5-20(15)37-24(26,27)28/h1-2,4-7,12,14,30H,3,8-11,13,29H2,(H3,31,32,33,34,35,36). The quantitative estimate of drug-likeness (QED) is 0.194. The van der Waals surface area contributed by atoms with Gasteiger partial charge in [0.1, 0.15) is 11.6 Å². The van der Waals surface area contributed by atoms with Gasteiger partial charge in [0.25, 0.3) is 5.56 Å². The first-order valence-corrected chi connectivity index (χ1v) is 11.3. The van der Waals surface area contributed by atoms with Crippen molar-refractivity contribution in [2.24, 2.45) is 5.73 Å². The van der Waals surface area contributed by atoms with Gasteiger partial charge in [0.05, 0.1) is 5.56 Å². The molecule has 1 aromatic heterocycles. The summed E-state index contributed by atoms with van der Waals surface area (Å²) in [6, 6.07) is 9.24. The largest absolute Gasteiger partial charge is 0.573 e. The van der Waals surface area contributed by atoms with E-state index in [2.05, 4.69) is 30.7 Å². The Morgan fingerprint density at radius 3 is 2.59 bits per heavy atom. The summed E-state index contributed by atoms with van der Waals surface area (Å²) >= 11 is 0. The maximum atomic E-state index is 14.4. The zero-order chi connectivity index (χ0) is 26.8. The number of amides is 2. The molecule has 0 saturated carbocycles. The number of para-hydroxylation sites is 1. The molecule has 3 rings (SSSR count). The highest BCUT2D eigenvalue weighted by Gasteiger charge is 2.31. The molecule has 0 fully saturated rings. The van der Waals surface area contributed by atoms with Gasteiger partial charge in [-0.15, -0.1) is 13.2 Å². The highest BCUT2D eigenvalue weighted by atomic mass is 19.4. The molecule has 0 spiro atoms. The molecule has 0 bridgehead atoms. The SMILES string of the molecule is NCCCNCc1ccc(-c2cnc(NC(=O)NCCc3ccccc3OC(F)(F)F)[nH]c2=O)cc1F. The average Bonchev–Trinajstić information content (AvgIpc) is 2.83. The first-order chi connectivity index (χ1) is 17.7. The second-order valence-corrected chi connectivity index (χ2v) is 7.89. The monoisotopic (exact) mass is 522 g/mol. The van der Waals surface area contributed by atoms with Gasteiger partial charge in [-0.25, -0.2) is 14.2 Å². The third-order valence-electron chi connectivity index (χ3n) is 5.15. The molecule has 2 aromatic carbocycles. The number of H-pyrrole nitrogens is 1. The fourth-order valence-electron chi connectivity index (χ4n) is 3.37. The zero-order valence-electron chi connectivity index (χ0n) is 19.6. The van der Waals surface area contributed by atoms with Crippen molar-refractivity contribution in [2.45, 2.75) is 25.7 Å². The Morgan fingerprint density at radius 2 is 1.89 bits per heavy atom. The van der Waals surface area contributed by atoms with E-state index in [0.29, 0.717) is 30.8 Å². The average molecular weight is 523 g/mol. The van der Waals surface area contributed by atoms with Gasteiger partial charge in [-0.2, -0.15) is 0 Å². The number of aromatic amines is 1. The Labute approximate surface area is 209 Å². The van der Waals surface area contributed by atoms with Crippen LogP contribution in [0, 0.1) is 5.82 Å². The lowest BCUT2D eigenvalue weighted by molar-refractivity contribution is -0.274. The third-order valence-corrected chi connectivity index (χ3v) is 5.15. The Bertz CT molecular complexity index is 1270. The fourth-order valence-corrected chi connectivity index (χ4v) is 3.37. The molecule has 198 valence electrons. The van der Waals surface area contributed by atoms with Crippen LogP contribution >= 0.6 is 0 Å². The fraction of sp³-hybridized carbons (Fsp3) is 0.292. The summed E-state index contributed by atoms with van der Waals surface area (Å²) in [5.41, 5.74) is 5.93. The predicted molar refractivity (Wildman–Crippen MR) is 129 cm³/mol. The van der Waals surface area contributed by atoms with Gasteiger partial charge in [0.15, 0.2) is 0 Å². The molecule has 3 aromatic rings. The summed E-state index contributed by atoms with van der Waals surface area (Å²) in [4.78, 5) is 31.0. The molecule has 2 amide bonds. The molecule has 37 heavy (non-hydrogen) atoms. The van der Waals surface area contributed by atoms with Crippen LogP contribution in [-0.2, 0) is 13.0 Å². The van der Waals surface area contributed by atoms with E-state index < -0.39 is 23.8 Å². The number of hydrogen-bond acceptors (Lipinski definition) is 6. The van der Waals surface area contributed by atoms with E-state index in [0.717, 1.165) is 6.42 Å². The number of alkyl halides is 3. The number of nitrogens with zero attached hydrogens (tertiary/aromatic N) is 1. The number of nitrogens with two attached hydrogens (primary N) is 1. The van der Waals surface area contributed by atoms with Crippen LogP contribution < -0.4 is 32.0 Å². The summed E-state index contributed by atoms with van der Waals surface area (Å²) in [5.74, 6) is -1.000. The number of rotatable bonds is 11. The van der Waals surface area contributed by atoms with Crippen LogP contribution in [0.15, 0.2) is 53.5 Å². The number of anilines is 1. The molecule has 0 aliphatic heterocycles. The lowest BCUT2D eigenvalue weighted by atomic mass is 10.1. The van der Waals surface area contributed by atoms with Gasteiger partial charge >= 0.3 is 12.4 Å². The van der Waals surface area contributed by atoms with Crippen molar-refractivity contribution < 1.29 is 27.1 Å². The number of hydrogen-bond donors (Lipinski definition) is 5. The van der Waals surface area contributed by atoms with Gasteiger partial charge in [0.2, 0.25) is 5.95 Å². The summed E-state index contributed by atoms with van der Waals surface area (Å²) in [6.45, 7) is 1.49. The topological polar surface area (TPSA) is 134 Å². The molecule has 1 heterocycles. The Balaban J connectivity index is 1.56. The van der Waals surface area contributed by atoms with Crippen LogP contribution in [0.25, 0.3) is 11.1 Å². The van der Waals surface area contributed by atoms with Crippen LogP contribution in [0.5, 0.6) is 5.75 Å². The summed E-state index contributed by atoms with van der Waals surface area (Å²) < 4.78 is 56.0. The number of carbonyl (C=O) groups is 1. The van der Waals surface area contributed by atoms with Crippen molar-refractivity contribution in [3.8, 4) is 16.9 Å². The molecule has 0 aliphatic carbocycles. The number of urea groups is 1. The molecule has 0 radical (unpaired) electrons. The molecule has 13 heteroatoms. The van der Waals surface area contributed by atoms with Crippen LogP contribution in [-0.4, -0.2) is 42.0 Å². The first kappa shape index (κ1) is 27.6. The molecule has 0 saturated heterocycles. The van der Waals surface area contributed by atoms with Crippen molar-refractivity contribution in [3.63, 3.8) is 0 Å². The van der Waals surface area contributed by atoms with E-state index >= 15 is 0 Å². The van der Waals surface area contributed by atoms with Crippen molar-refractivity contribution in [1.82, 2.24) is 20.6 Å². The van der Waals surface area contributed by atoms with Crippen LogP contribution in [0.1, 0.15) is 17.5 Å². The maximum absolute atomic E-state index is 14.4. The summed E-state index contributed by atoms with van der Waals surface area (Å²) in [7, 11) is 0. The molecular formula is C24H26F4N6O3.